The Morgan fingerprint density at radius 3 is 2.27 bits per heavy atom. The monoisotopic (exact) mass is 298 g/mol. The van der Waals surface area contributed by atoms with Crippen molar-refractivity contribution in [1.82, 2.24) is 0 Å². The maximum Gasteiger partial charge on any atom is 0.337 e. The summed E-state index contributed by atoms with van der Waals surface area (Å²) in [4.78, 5) is 23.8. The van der Waals surface area contributed by atoms with E-state index in [2.05, 4.69) is 4.74 Å². The van der Waals surface area contributed by atoms with Crippen LogP contribution in [-0.2, 0) is 11.2 Å². The first-order chi connectivity index (χ1) is 10.5. The van der Waals surface area contributed by atoms with Crippen LogP contribution in [0, 0.1) is 6.92 Å². The summed E-state index contributed by atoms with van der Waals surface area (Å²) in [5.41, 5.74) is 2.90. The van der Waals surface area contributed by atoms with Crippen LogP contribution in [0.3, 0.4) is 0 Å². The second-order valence-corrected chi connectivity index (χ2v) is 4.99. The molecule has 0 heterocycles. The molecule has 0 atom stereocenters. The van der Waals surface area contributed by atoms with Gasteiger partial charge in [0.05, 0.1) is 25.3 Å². The van der Waals surface area contributed by atoms with Crippen molar-refractivity contribution in [2.75, 3.05) is 14.2 Å². The van der Waals surface area contributed by atoms with E-state index in [-0.39, 0.29) is 12.2 Å². The summed E-state index contributed by atoms with van der Waals surface area (Å²) in [5, 5.41) is 0. The molecule has 0 aliphatic heterocycles. The largest absolute Gasteiger partial charge is 0.496 e. The molecule has 4 nitrogen and oxygen atoms in total. The van der Waals surface area contributed by atoms with E-state index in [9.17, 15) is 9.59 Å². The van der Waals surface area contributed by atoms with Gasteiger partial charge in [-0.1, -0.05) is 18.2 Å². The molecule has 0 fully saturated rings. The Balaban J connectivity index is 2.17. The molecule has 2 aromatic carbocycles. The summed E-state index contributed by atoms with van der Waals surface area (Å²) in [6, 6.07) is 12.3. The van der Waals surface area contributed by atoms with Gasteiger partial charge in [0.1, 0.15) is 5.75 Å². The second kappa shape index (κ2) is 6.89. The van der Waals surface area contributed by atoms with Crippen molar-refractivity contribution in [1.29, 1.82) is 0 Å². The number of esters is 1. The summed E-state index contributed by atoms with van der Waals surface area (Å²) in [5.74, 6) is 0.164. The highest BCUT2D eigenvalue weighted by atomic mass is 16.5. The number of ketones is 1. The second-order valence-electron chi connectivity index (χ2n) is 4.99. The number of carbonyl (C=O) groups excluding carboxylic acids is 2. The lowest BCUT2D eigenvalue weighted by Crippen LogP contribution is -2.07. The minimum absolute atomic E-state index is 0.0253. The quantitative estimate of drug-likeness (QED) is 0.628. The SMILES string of the molecule is COC(=O)c1ccc(CC(=O)c2ccc(C)cc2OC)cc1. The molecule has 0 spiro atoms. The Morgan fingerprint density at radius 1 is 1.00 bits per heavy atom. The van der Waals surface area contributed by atoms with Crippen molar-refractivity contribution in [3.8, 4) is 5.75 Å². The molecule has 0 amide bonds. The van der Waals surface area contributed by atoms with Gasteiger partial charge in [0.25, 0.3) is 0 Å². The molecule has 114 valence electrons. The van der Waals surface area contributed by atoms with Gasteiger partial charge in [0.15, 0.2) is 5.78 Å². The van der Waals surface area contributed by atoms with E-state index in [1.807, 2.05) is 19.1 Å². The van der Waals surface area contributed by atoms with Crippen LogP contribution < -0.4 is 4.74 Å². The third-order valence-corrected chi connectivity index (χ3v) is 3.40. The Labute approximate surface area is 129 Å². The van der Waals surface area contributed by atoms with E-state index >= 15 is 0 Å². The summed E-state index contributed by atoms with van der Waals surface area (Å²) in [7, 11) is 2.89. The molecule has 2 aromatic rings. The van der Waals surface area contributed by atoms with Crippen molar-refractivity contribution >= 4 is 11.8 Å². The summed E-state index contributed by atoms with van der Waals surface area (Å²) < 4.78 is 9.91. The molecular formula is C18H18O4. The Bertz CT molecular complexity index is 687. The molecule has 0 unspecified atom stereocenters. The fraction of sp³-hybridized carbons (Fsp3) is 0.222. The van der Waals surface area contributed by atoms with E-state index < -0.39 is 5.97 Å². The van der Waals surface area contributed by atoms with Gasteiger partial charge < -0.3 is 9.47 Å². The van der Waals surface area contributed by atoms with Gasteiger partial charge in [-0.05, 0) is 42.3 Å². The molecule has 0 aliphatic carbocycles. The van der Waals surface area contributed by atoms with Gasteiger partial charge in [0.2, 0.25) is 0 Å². The summed E-state index contributed by atoms with van der Waals surface area (Å²) in [6.45, 7) is 1.95. The van der Waals surface area contributed by atoms with Gasteiger partial charge in [0, 0.05) is 6.42 Å². The minimum atomic E-state index is -0.391. The number of benzene rings is 2. The molecule has 0 N–H and O–H groups in total. The first-order valence-electron chi connectivity index (χ1n) is 6.90. The fourth-order valence-electron chi connectivity index (χ4n) is 2.19. The predicted octanol–water partition coefficient (Wildman–Crippen LogP) is 3.22. The number of hydrogen-bond acceptors (Lipinski definition) is 4. The first kappa shape index (κ1) is 15.8. The van der Waals surface area contributed by atoms with E-state index in [1.54, 1.807) is 37.4 Å². The highest BCUT2D eigenvalue weighted by Crippen LogP contribution is 2.22. The summed E-state index contributed by atoms with van der Waals surface area (Å²) in [6.07, 6.45) is 0.251. The van der Waals surface area contributed by atoms with Crippen LogP contribution in [0.2, 0.25) is 0 Å². The lowest BCUT2D eigenvalue weighted by molar-refractivity contribution is 0.0600. The van der Waals surface area contributed by atoms with Crippen LogP contribution in [0.15, 0.2) is 42.5 Å². The number of methoxy groups -OCH3 is 2. The average molecular weight is 298 g/mol. The topological polar surface area (TPSA) is 52.6 Å². The lowest BCUT2D eigenvalue weighted by Gasteiger charge is -2.09. The van der Waals surface area contributed by atoms with Crippen molar-refractivity contribution < 1.29 is 19.1 Å². The molecule has 0 saturated heterocycles. The third-order valence-electron chi connectivity index (χ3n) is 3.40. The third kappa shape index (κ3) is 3.52. The van der Waals surface area contributed by atoms with E-state index in [4.69, 9.17) is 4.74 Å². The Hall–Kier alpha value is -2.62. The number of rotatable bonds is 5. The number of aryl methyl sites for hydroxylation is 1. The molecule has 0 bridgehead atoms. The molecular weight excluding hydrogens is 280 g/mol. The zero-order valence-corrected chi connectivity index (χ0v) is 12.9. The van der Waals surface area contributed by atoms with Gasteiger partial charge in [-0.15, -0.1) is 0 Å². The normalized spacial score (nSPS) is 10.1. The number of ether oxygens (including phenoxy) is 2. The molecule has 0 aliphatic rings. The van der Waals surface area contributed by atoms with Gasteiger partial charge in [-0.2, -0.15) is 0 Å². The smallest absolute Gasteiger partial charge is 0.337 e. The van der Waals surface area contributed by atoms with Crippen LogP contribution in [0.5, 0.6) is 5.75 Å². The average Bonchev–Trinajstić information content (AvgIpc) is 2.54. The minimum Gasteiger partial charge on any atom is -0.496 e. The Morgan fingerprint density at radius 2 is 1.68 bits per heavy atom. The number of hydrogen-bond donors (Lipinski definition) is 0. The van der Waals surface area contributed by atoms with Crippen LogP contribution in [0.1, 0.15) is 31.8 Å². The fourth-order valence-corrected chi connectivity index (χ4v) is 2.19. The maximum atomic E-state index is 12.4. The van der Waals surface area contributed by atoms with Gasteiger partial charge in [-0.25, -0.2) is 4.79 Å². The molecule has 22 heavy (non-hydrogen) atoms. The van der Waals surface area contributed by atoms with Crippen molar-refractivity contribution in [3.63, 3.8) is 0 Å². The molecule has 0 aromatic heterocycles. The molecule has 2 rings (SSSR count). The zero-order valence-electron chi connectivity index (χ0n) is 12.9. The highest BCUT2D eigenvalue weighted by Gasteiger charge is 2.13. The van der Waals surface area contributed by atoms with Crippen LogP contribution >= 0.6 is 0 Å². The van der Waals surface area contributed by atoms with Gasteiger partial charge >= 0.3 is 5.97 Å². The van der Waals surface area contributed by atoms with Crippen molar-refractivity contribution in [2.24, 2.45) is 0 Å². The van der Waals surface area contributed by atoms with Crippen LogP contribution in [0.4, 0.5) is 0 Å². The van der Waals surface area contributed by atoms with Crippen molar-refractivity contribution in [3.05, 3.63) is 64.7 Å². The summed E-state index contributed by atoms with van der Waals surface area (Å²) >= 11 is 0. The molecule has 4 heteroatoms. The van der Waals surface area contributed by atoms with E-state index in [0.29, 0.717) is 16.9 Å². The first-order valence-corrected chi connectivity index (χ1v) is 6.90. The van der Waals surface area contributed by atoms with Gasteiger partial charge in [-0.3, -0.25) is 4.79 Å². The molecule has 0 radical (unpaired) electrons. The number of carbonyl (C=O) groups is 2. The molecule has 0 saturated carbocycles. The van der Waals surface area contributed by atoms with Crippen molar-refractivity contribution in [2.45, 2.75) is 13.3 Å². The van der Waals surface area contributed by atoms with E-state index in [0.717, 1.165) is 11.1 Å². The van der Waals surface area contributed by atoms with Crippen LogP contribution in [-0.4, -0.2) is 26.0 Å². The van der Waals surface area contributed by atoms with E-state index in [1.165, 1.54) is 7.11 Å². The zero-order chi connectivity index (χ0) is 16.1. The van der Waals surface area contributed by atoms with Crippen LogP contribution in [0.25, 0.3) is 0 Å². The maximum absolute atomic E-state index is 12.4. The number of Topliss-reactive ketones (excluding diaryl/α,β-unsaturated/α-hetero) is 1. The Kier molecular flexibility index (Phi) is 4.94. The standard InChI is InChI=1S/C18H18O4/c1-12-4-9-15(17(10-12)21-2)16(19)11-13-5-7-14(8-6-13)18(20)22-3/h4-10H,11H2,1-3H3. The highest BCUT2D eigenvalue weighted by molar-refractivity contribution is 6.00. The predicted molar refractivity (Wildman–Crippen MR) is 83.5 cm³/mol. The lowest BCUT2D eigenvalue weighted by atomic mass is 10.0.